The van der Waals surface area contributed by atoms with Crippen LogP contribution in [-0.4, -0.2) is 23.8 Å². The summed E-state index contributed by atoms with van der Waals surface area (Å²) >= 11 is 0. The average molecular weight is 366 g/mol. The van der Waals surface area contributed by atoms with Crippen LogP contribution in [0.4, 0.5) is 5.69 Å². The summed E-state index contributed by atoms with van der Waals surface area (Å²) in [7, 11) is 0. The smallest absolute Gasteiger partial charge is 0.311 e. The first-order valence-corrected chi connectivity index (χ1v) is 8.92. The van der Waals surface area contributed by atoms with Crippen LogP contribution in [0.2, 0.25) is 0 Å². The number of amides is 2. The number of nitrogens with one attached hydrogen (secondary N) is 2. The van der Waals surface area contributed by atoms with Crippen molar-refractivity contribution in [1.29, 1.82) is 0 Å². The molecule has 6 heteroatoms. The lowest BCUT2D eigenvalue weighted by molar-refractivity contribution is -0.156. The minimum Gasteiger partial charge on any atom is -0.447 e. The van der Waals surface area contributed by atoms with Crippen molar-refractivity contribution < 1.29 is 19.1 Å². The maximum Gasteiger partial charge on any atom is 0.311 e. The summed E-state index contributed by atoms with van der Waals surface area (Å²) in [5.41, 5.74) is 2.04. The van der Waals surface area contributed by atoms with Crippen LogP contribution in [0.15, 0.2) is 54.6 Å². The zero-order valence-corrected chi connectivity index (χ0v) is 15.1. The Labute approximate surface area is 157 Å². The SMILES string of the molecule is CC(=O)Nc1ccc(CC(=O)O[C@H](C(=O)NC2CC2)c2ccccc2)cc1. The van der Waals surface area contributed by atoms with Gasteiger partial charge in [-0.25, -0.2) is 0 Å². The Morgan fingerprint density at radius 1 is 1.04 bits per heavy atom. The monoisotopic (exact) mass is 366 g/mol. The van der Waals surface area contributed by atoms with Crippen LogP contribution < -0.4 is 10.6 Å². The van der Waals surface area contributed by atoms with E-state index in [1.54, 1.807) is 48.5 Å². The highest BCUT2D eigenvalue weighted by atomic mass is 16.5. The quantitative estimate of drug-likeness (QED) is 0.738. The first kappa shape index (κ1) is 18.6. The Kier molecular flexibility index (Phi) is 5.86. The molecule has 0 spiro atoms. The number of anilines is 1. The van der Waals surface area contributed by atoms with Gasteiger partial charge in [0.15, 0.2) is 0 Å². The van der Waals surface area contributed by atoms with E-state index in [0.29, 0.717) is 11.3 Å². The Bertz CT molecular complexity index is 814. The fraction of sp³-hybridized carbons (Fsp3) is 0.286. The van der Waals surface area contributed by atoms with E-state index in [4.69, 9.17) is 4.74 Å². The highest BCUT2D eigenvalue weighted by Gasteiger charge is 2.30. The van der Waals surface area contributed by atoms with Crippen molar-refractivity contribution in [3.8, 4) is 0 Å². The van der Waals surface area contributed by atoms with Gasteiger partial charge >= 0.3 is 5.97 Å². The lowest BCUT2D eigenvalue weighted by Crippen LogP contribution is -2.33. The molecule has 0 aromatic heterocycles. The van der Waals surface area contributed by atoms with Crippen molar-refractivity contribution in [3.63, 3.8) is 0 Å². The molecule has 2 aromatic rings. The summed E-state index contributed by atoms with van der Waals surface area (Å²) < 4.78 is 5.51. The molecule has 0 unspecified atom stereocenters. The summed E-state index contributed by atoms with van der Waals surface area (Å²) in [6.45, 7) is 1.43. The average Bonchev–Trinajstić information content (AvgIpc) is 3.45. The van der Waals surface area contributed by atoms with Crippen molar-refractivity contribution in [2.75, 3.05) is 5.32 Å². The molecule has 2 N–H and O–H groups in total. The highest BCUT2D eigenvalue weighted by Crippen LogP contribution is 2.23. The Morgan fingerprint density at radius 3 is 2.30 bits per heavy atom. The molecule has 1 saturated carbocycles. The van der Waals surface area contributed by atoms with Gasteiger partial charge in [0, 0.05) is 24.2 Å². The summed E-state index contributed by atoms with van der Waals surface area (Å²) in [6, 6.07) is 16.1. The normalized spacial score (nSPS) is 14.1. The van der Waals surface area contributed by atoms with Gasteiger partial charge in [0.25, 0.3) is 5.91 Å². The van der Waals surface area contributed by atoms with Crippen LogP contribution in [0.5, 0.6) is 0 Å². The minimum atomic E-state index is -0.960. The number of rotatable bonds is 7. The van der Waals surface area contributed by atoms with Crippen molar-refractivity contribution in [3.05, 3.63) is 65.7 Å². The molecule has 0 aliphatic heterocycles. The molecule has 6 nitrogen and oxygen atoms in total. The number of benzene rings is 2. The third-order valence-corrected chi connectivity index (χ3v) is 4.14. The molecule has 27 heavy (non-hydrogen) atoms. The number of hydrogen-bond acceptors (Lipinski definition) is 4. The van der Waals surface area contributed by atoms with E-state index < -0.39 is 12.1 Å². The predicted octanol–water partition coefficient (Wildman–Crippen LogP) is 2.75. The van der Waals surface area contributed by atoms with Crippen LogP contribution in [-0.2, 0) is 25.5 Å². The zero-order chi connectivity index (χ0) is 19.2. The lowest BCUT2D eigenvalue weighted by atomic mass is 10.1. The number of hydrogen-bond donors (Lipinski definition) is 2. The van der Waals surface area contributed by atoms with Crippen LogP contribution in [0, 0.1) is 0 Å². The van der Waals surface area contributed by atoms with Gasteiger partial charge < -0.3 is 15.4 Å². The van der Waals surface area contributed by atoms with Crippen molar-refractivity contribution in [1.82, 2.24) is 5.32 Å². The standard InChI is InChI=1S/C21H22N2O4/c1-14(24)22-17-9-7-15(8-10-17)13-19(25)27-20(16-5-3-2-4-6-16)21(26)23-18-11-12-18/h2-10,18,20H,11-13H2,1H3,(H,22,24)(H,23,26)/t20-/m0/s1. The summed E-state index contributed by atoms with van der Waals surface area (Å²) in [5.74, 6) is -0.935. The molecule has 3 rings (SSSR count). The second kappa shape index (κ2) is 8.49. The zero-order valence-electron chi connectivity index (χ0n) is 15.1. The molecule has 1 aliphatic rings. The first-order valence-electron chi connectivity index (χ1n) is 8.92. The van der Waals surface area contributed by atoms with Gasteiger partial charge in [-0.05, 0) is 30.5 Å². The molecule has 0 bridgehead atoms. The van der Waals surface area contributed by atoms with E-state index in [-0.39, 0.29) is 24.3 Å². The Balaban J connectivity index is 1.64. The van der Waals surface area contributed by atoms with Crippen molar-refractivity contribution in [2.24, 2.45) is 0 Å². The van der Waals surface area contributed by atoms with Gasteiger partial charge in [0.05, 0.1) is 6.42 Å². The van der Waals surface area contributed by atoms with Crippen molar-refractivity contribution in [2.45, 2.75) is 38.3 Å². The maximum atomic E-state index is 12.5. The van der Waals surface area contributed by atoms with Crippen LogP contribution >= 0.6 is 0 Å². The second-order valence-corrected chi connectivity index (χ2v) is 6.62. The molecule has 1 atom stereocenters. The van der Waals surface area contributed by atoms with Gasteiger partial charge in [-0.2, -0.15) is 0 Å². The molecule has 140 valence electrons. The van der Waals surface area contributed by atoms with Gasteiger partial charge in [0.1, 0.15) is 0 Å². The number of carbonyl (C=O) groups is 3. The molecule has 0 heterocycles. The molecule has 1 aliphatic carbocycles. The fourth-order valence-corrected chi connectivity index (χ4v) is 2.65. The molecule has 0 saturated heterocycles. The fourth-order valence-electron chi connectivity index (χ4n) is 2.65. The van der Waals surface area contributed by atoms with Crippen molar-refractivity contribution >= 4 is 23.5 Å². The van der Waals surface area contributed by atoms with E-state index in [0.717, 1.165) is 18.4 Å². The topological polar surface area (TPSA) is 84.5 Å². The van der Waals surface area contributed by atoms with Gasteiger partial charge in [-0.1, -0.05) is 42.5 Å². The van der Waals surface area contributed by atoms with Gasteiger partial charge in [-0.3, -0.25) is 14.4 Å². The predicted molar refractivity (Wildman–Crippen MR) is 101 cm³/mol. The van der Waals surface area contributed by atoms with Crippen LogP contribution in [0.3, 0.4) is 0 Å². The molecule has 1 fully saturated rings. The molecule has 2 amide bonds. The van der Waals surface area contributed by atoms with E-state index >= 15 is 0 Å². The lowest BCUT2D eigenvalue weighted by Gasteiger charge is -2.18. The van der Waals surface area contributed by atoms with E-state index in [1.807, 2.05) is 6.07 Å². The summed E-state index contributed by atoms with van der Waals surface area (Å²) in [6.07, 6.45) is 1.00. The molecule has 0 radical (unpaired) electrons. The Hall–Kier alpha value is -3.15. The number of esters is 1. The van der Waals surface area contributed by atoms with Crippen LogP contribution in [0.1, 0.15) is 37.0 Å². The van der Waals surface area contributed by atoms with Gasteiger partial charge in [0.2, 0.25) is 12.0 Å². The highest BCUT2D eigenvalue weighted by molar-refractivity contribution is 5.89. The second-order valence-electron chi connectivity index (χ2n) is 6.62. The van der Waals surface area contributed by atoms with E-state index in [2.05, 4.69) is 10.6 Å². The molecule has 2 aromatic carbocycles. The summed E-state index contributed by atoms with van der Waals surface area (Å²) in [4.78, 5) is 35.9. The molecular formula is C21H22N2O4. The maximum absolute atomic E-state index is 12.5. The number of carbonyl (C=O) groups excluding carboxylic acids is 3. The Morgan fingerprint density at radius 2 is 1.70 bits per heavy atom. The minimum absolute atomic E-state index is 0.0421. The largest absolute Gasteiger partial charge is 0.447 e. The van der Waals surface area contributed by atoms with E-state index in [9.17, 15) is 14.4 Å². The third kappa shape index (κ3) is 5.67. The van der Waals surface area contributed by atoms with E-state index in [1.165, 1.54) is 6.92 Å². The third-order valence-electron chi connectivity index (χ3n) is 4.14. The molecular weight excluding hydrogens is 344 g/mol. The van der Waals surface area contributed by atoms with Gasteiger partial charge in [-0.15, -0.1) is 0 Å². The first-order chi connectivity index (χ1) is 13.0. The number of ether oxygens (including phenoxy) is 1. The summed E-state index contributed by atoms with van der Waals surface area (Å²) in [5, 5.41) is 5.56. The van der Waals surface area contributed by atoms with Crippen LogP contribution in [0.25, 0.3) is 0 Å².